The van der Waals surface area contributed by atoms with Crippen LogP contribution in [0.4, 0.5) is 0 Å². The molecule has 2 fully saturated rings. The fourth-order valence-electron chi connectivity index (χ4n) is 5.38. The van der Waals surface area contributed by atoms with Crippen molar-refractivity contribution < 1.29 is 25.2 Å². The van der Waals surface area contributed by atoms with Crippen molar-refractivity contribution in [3.05, 3.63) is 11.6 Å². The van der Waals surface area contributed by atoms with E-state index < -0.39 is 24.4 Å². The lowest BCUT2D eigenvalue weighted by Gasteiger charge is -2.43. The largest absolute Gasteiger partial charge is 0.395 e. The molecule has 162 valence electrons. The Balaban J connectivity index is 1.35. The number of fused-ring (bicyclic) bond motifs is 5. The summed E-state index contributed by atoms with van der Waals surface area (Å²) in [6.45, 7) is 4.64. The Morgan fingerprint density at radius 2 is 1.86 bits per heavy atom. The molecular weight excluding hydrogens is 358 g/mol. The highest BCUT2D eigenvalue weighted by Crippen LogP contribution is 2.39. The lowest BCUT2D eigenvalue weighted by atomic mass is 9.72. The lowest BCUT2D eigenvalue weighted by molar-refractivity contribution is -0.145. The van der Waals surface area contributed by atoms with Crippen molar-refractivity contribution in [1.29, 1.82) is 0 Å². The monoisotopic (exact) mass is 397 g/mol. The van der Waals surface area contributed by atoms with Gasteiger partial charge in [0.1, 0.15) is 12.2 Å². The SMILES string of the molecule is CC1C=C2CCC(CC2)C(COCCCCN2C[C@H](O)[C@@H](O)[C@H](O)[C@H]2CO)C1. The number of aliphatic hydroxyl groups excluding tert-OH is 4. The van der Waals surface area contributed by atoms with Gasteiger partial charge in [0.25, 0.3) is 0 Å². The number of ether oxygens (including phenoxy) is 1. The first kappa shape index (κ1) is 22.2. The summed E-state index contributed by atoms with van der Waals surface area (Å²) in [5, 5.41) is 39.2. The van der Waals surface area contributed by atoms with Crippen LogP contribution in [0.5, 0.6) is 0 Å². The summed E-state index contributed by atoms with van der Waals surface area (Å²) in [6.07, 6.45) is 7.45. The van der Waals surface area contributed by atoms with Gasteiger partial charge in [-0.05, 0) is 69.2 Å². The summed E-state index contributed by atoms with van der Waals surface area (Å²) in [6, 6.07) is -0.514. The molecule has 4 rings (SSSR count). The molecule has 0 radical (unpaired) electrons. The predicted molar refractivity (Wildman–Crippen MR) is 108 cm³/mol. The van der Waals surface area contributed by atoms with Gasteiger partial charge in [-0.25, -0.2) is 0 Å². The molecule has 0 spiro atoms. The van der Waals surface area contributed by atoms with Crippen LogP contribution in [0.15, 0.2) is 11.6 Å². The zero-order chi connectivity index (χ0) is 20.1. The van der Waals surface area contributed by atoms with Crippen molar-refractivity contribution in [3.8, 4) is 0 Å². The molecule has 3 aliphatic carbocycles. The summed E-state index contributed by atoms with van der Waals surface area (Å²) in [5.74, 6) is 2.14. The van der Waals surface area contributed by atoms with Gasteiger partial charge in [0, 0.05) is 19.8 Å². The van der Waals surface area contributed by atoms with Gasteiger partial charge >= 0.3 is 0 Å². The highest BCUT2D eigenvalue weighted by Gasteiger charge is 2.40. The topological polar surface area (TPSA) is 93.4 Å². The van der Waals surface area contributed by atoms with E-state index in [1.54, 1.807) is 5.57 Å². The minimum Gasteiger partial charge on any atom is -0.395 e. The predicted octanol–water partition coefficient (Wildman–Crippen LogP) is 1.31. The zero-order valence-corrected chi connectivity index (χ0v) is 17.2. The van der Waals surface area contributed by atoms with Crippen LogP contribution in [0.1, 0.15) is 51.9 Å². The number of nitrogens with zero attached hydrogens (tertiary/aromatic N) is 1. The van der Waals surface area contributed by atoms with E-state index in [1.165, 1.54) is 32.1 Å². The standard InChI is InChI=1S/C22H39NO5/c1-15-10-16-4-6-17(7-5-16)18(11-15)14-28-9-3-2-8-23-12-20(25)22(27)21(26)19(23)13-24/h10,15,17-22,24-27H,2-9,11-14H2,1H3/t15?,17?,18?,19-,20+,21-,22-/m1/s1. The minimum absolute atomic E-state index is 0.223. The number of hydrogen-bond acceptors (Lipinski definition) is 6. The van der Waals surface area contributed by atoms with Crippen LogP contribution in [-0.2, 0) is 4.74 Å². The Labute approximate surface area is 169 Å². The molecule has 1 heterocycles. The third kappa shape index (κ3) is 5.55. The molecule has 6 nitrogen and oxygen atoms in total. The van der Waals surface area contributed by atoms with E-state index in [-0.39, 0.29) is 13.2 Å². The first-order chi connectivity index (χ1) is 13.5. The van der Waals surface area contributed by atoms with Crippen molar-refractivity contribution in [2.75, 3.05) is 32.9 Å². The first-order valence-corrected chi connectivity index (χ1v) is 11.2. The number of rotatable bonds is 8. The summed E-state index contributed by atoms with van der Waals surface area (Å²) >= 11 is 0. The molecule has 4 N–H and O–H groups in total. The van der Waals surface area contributed by atoms with E-state index in [4.69, 9.17) is 4.74 Å². The number of allylic oxidation sites excluding steroid dienone is 2. The molecule has 4 aliphatic rings. The van der Waals surface area contributed by atoms with E-state index >= 15 is 0 Å². The highest BCUT2D eigenvalue weighted by atomic mass is 16.5. The minimum atomic E-state index is -1.19. The smallest absolute Gasteiger partial charge is 0.109 e. The van der Waals surface area contributed by atoms with Crippen LogP contribution in [0.2, 0.25) is 0 Å². The van der Waals surface area contributed by atoms with E-state index in [9.17, 15) is 20.4 Å². The Bertz CT molecular complexity index is 503. The second kappa shape index (κ2) is 10.5. The molecule has 6 atom stereocenters. The Kier molecular flexibility index (Phi) is 8.33. The summed E-state index contributed by atoms with van der Waals surface area (Å²) in [5.41, 5.74) is 1.67. The van der Waals surface area contributed by atoms with Crippen molar-refractivity contribution in [1.82, 2.24) is 4.90 Å². The Morgan fingerprint density at radius 1 is 1.11 bits per heavy atom. The van der Waals surface area contributed by atoms with Crippen LogP contribution in [0, 0.1) is 17.8 Å². The second-order valence-corrected chi connectivity index (χ2v) is 9.21. The summed E-state index contributed by atoms with van der Waals surface area (Å²) in [4.78, 5) is 1.88. The average molecular weight is 398 g/mol. The maximum absolute atomic E-state index is 10.0. The van der Waals surface area contributed by atoms with Crippen molar-refractivity contribution >= 4 is 0 Å². The molecule has 0 amide bonds. The first-order valence-electron chi connectivity index (χ1n) is 11.2. The van der Waals surface area contributed by atoms with E-state index in [1.807, 2.05) is 4.90 Å². The van der Waals surface area contributed by atoms with Crippen LogP contribution in [0.3, 0.4) is 0 Å². The van der Waals surface area contributed by atoms with Crippen LogP contribution in [-0.4, -0.2) is 82.6 Å². The molecule has 0 aromatic heterocycles. The molecule has 6 heteroatoms. The number of piperidine rings is 1. The fourth-order valence-corrected chi connectivity index (χ4v) is 5.38. The van der Waals surface area contributed by atoms with Gasteiger partial charge in [0.05, 0.1) is 18.8 Å². The zero-order valence-electron chi connectivity index (χ0n) is 17.2. The quantitative estimate of drug-likeness (QED) is 0.365. The fraction of sp³-hybridized carbons (Fsp3) is 0.909. The summed E-state index contributed by atoms with van der Waals surface area (Å²) in [7, 11) is 0. The Morgan fingerprint density at radius 3 is 2.57 bits per heavy atom. The van der Waals surface area contributed by atoms with Crippen molar-refractivity contribution in [2.45, 2.75) is 76.2 Å². The third-order valence-corrected chi connectivity index (χ3v) is 7.07. The molecular formula is C22H39NO5. The van der Waals surface area contributed by atoms with Crippen molar-refractivity contribution in [3.63, 3.8) is 0 Å². The Hall–Kier alpha value is -0.500. The molecule has 0 aromatic rings. The summed E-state index contributed by atoms with van der Waals surface area (Å²) < 4.78 is 6.04. The van der Waals surface area contributed by atoms with Gasteiger partial charge in [-0.3, -0.25) is 4.90 Å². The number of β-amino-alcohol motifs (C(OH)–C–C–N with tert-alkyl or cyclic N) is 1. The molecule has 2 unspecified atom stereocenters. The van der Waals surface area contributed by atoms with Gasteiger partial charge in [0.15, 0.2) is 0 Å². The van der Waals surface area contributed by atoms with Gasteiger partial charge in [0.2, 0.25) is 0 Å². The number of aliphatic hydroxyl groups is 4. The van der Waals surface area contributed by atoms with Gasteiger partial charge in [-0.2, -0.15) is 0 Å². The van der Waals surface area contributed by atoms with Gasteiger partial charge in [-0.15, -0.1) is 0 Å². The maximum Gasteiger partial charge on any atom is 0.109 e. The number of likely N-dealkylation sites (tertiary alicyclic amines) is 1. The van der Waals surface area contributed by atoms with E-state index in [2.05, 4.69) is 13.0 Å². The van der Waals surface area contributed by atoms with E-state index in [0.717, 1.165) is 32.0 Å². The van der Waals surface area contributed by atoms with Crippen LogP contribution in [0.25, 0.3) is 0 Å². The van der Waals surface area contributed by atoms with Gasteiger partial charge < -0.3 is 25.2 Å². The number of hydrogen-bond donors (Lipinski definition) is 4. The normalized spacial score (nSPS) is 39.5. The highest BCUT2D eigenvalue weighted by molar-refractivity contribution is 5.09. The molecule has 2 bridgehead atoms. The molecule has 1 aliphatic heterocycles. The second-order valence-electron chi connectivity index (χ2n) is 9.21. The lowest BCUT2D eigenvalue weighted by Crippen LogP contribution is -2.62. The van der Waals surface area contributed by atoms with Crippen LogP contribution >= 0.6 is 0 Å². The van der Waals surface area contributed by atoms with Crippen molar-refractivity contribution in [2.24, 2.45) is 17.8 Å². The molecule has 0 aromatic carbocycles. The molecule has 28 heavy (non-hydrogen) atoms. The van der Waals surface area contributed by atoms with Crippen LogP contribution < -0.4 is 0 Å². The maximum atomic E-state index is 10.0. The number of unbranched alkanes of at least 4 members (excludes halogenated alkanes) is 1. The third-order valence-electron chi connectivity index (χ3n) is 7.07. The van der Waals surface area contributed by atoms with E-state index in [0.29, 0.717) is 18.4 Å². The molecule has 1 saturated carbocycles. The van der Waals surface area contributed by atoms with Gasteiger partial charge in [-0.1, -0.05) is 18.6 Å². The average Bonchev–Trinajstić information content (AvgIpc) is 2.67. The molecule has 1 saturated heterocycles.